The van der Waals surface area contributed by atoms with Gasteiger partial charge in [0.25, 0.3) is 0 Å². The van der Waals surface area contributed by atoms with Crippen molar-refractivity contribution in [2.45, 2.75) is 309 Å². The molecule has 2 atom stereocenters. The molecule has 6 nitrogen and oxygen atoms in total. The van der Waals surface area contributed by atoms with Crippen molar-refractivity contribution in [3.05, 3.63) is 24.3 Å². The molecule has 0 saturated carbocycles. The van der Waals surface area contributed by atoms with Crippen LogP contribution in [0.4, 0.5) is 0 Å². The molecule has 0 aliphatic rings. The number of carbonyl (C=O) groups excluding carboxylic acids is 2. The van der Waals surface area contributed by atoms with Crippen LogP contribution in [0, 0.1) is 0 Å². The highest BCUT2D eigenvalue weighted by atomic mass is 16.5. The number of ether oxygens (including phenoxy) is 1. The van der Waals surface area contributed by atoms with E-state index < -0.39 is 12.1 Å². The van der Waals surface area contributed by atoms with Crippen molar-refractivity contribution in [3.63, 3.8) is 0 Å². The second-order valence-corrected chi connectivity index (χ2v) is 18.9. The normalized spacial score (nSPS) is 12.8. The lowest BCUT2D eigenvalue weighted by molar-refractivity contribution is -0.143. The van der Waals surface area contributed by atoms with Gasteiger partial charge in [-0.3, -0.25) is 9.59 Å². The molecule has 0 radical (unpaired) electrons. The first-order valence-corrected chi connectivity index (χ1v) is 27.6. The number of hydrogen-bond acceptors (Lipinski definition) is 5. The van der Waals surface area contributed by atoms with Crippen LogP contribution in [0.5, 0.6) is 0 Å². The third kappa shape index (κ3) is 47.8. The van der Waals surface area contributed by atoms with E-state index in [2.05, 4.69) is 31.3 Å². The number of nitrogens with one attached hydrogen (secondary N) is 1. The summed E-state index contributed by atoms with van der Waals surface area (Å²) in [7, 11) is 0. The Morgan fingerprint density at radius 3 is 1.15 bits per heavy atom. The summed E-state index contributed by atoms with van der Waals surface area (Å²) >= 11 is 0. The van der Waals surface area contributed by atoms with Crippen molar-refractivity contribution in [1.82, 2.24) is 5.32 Å². The van der Waals surface area contributed by atoms with Crippen LogP contribution < -0.4 is 5.32 Å². The van der Waals surface area contributed by atoms with Crippen LogP contribution in [0.3, 0.4) is 0 Å². The first kappa shape index (κ1) is 60.3. The maximum absolute atomic E-state index is 12.4. The molecule has 0 rings (SSSR count). The smallest absolute Gasteiger partial charge is 0.305 e. The number of esters is 1. The quantitative estimate of drug-likeness (QED) is 0.0321. The summed E-state index contributed by atoms with van der Waals surface area (Å²) in [6.45, 7) is 4.87. The van der Waals surface area contributed by atoms with E-state index in [0.29, 0.717) is 19.4 Å². The van der Waals surface area contributed by atoms with E-state index in [0.717, 1.165) is 70.6 Å². The lowest BCUT2D eigenvalue weighted by Gasteiger charge is -2.20. The highest BCUT2D eigenvalue weighted by Crippen LogP contribution is 2.16. The number of allylic oxidation sites excluding steroid dienone is 3. The Hall–Kier alpha value is -1.66. The Labute approximate surface area is 386 Å². The maximum atomic E-state index is 12.4. The Kier molecular flexibility index (Phi) is 50.6. The van der Waals surface area contributed by atoms with Gasteiger partial charge in [-0.15, -0.1) is 0 Å². The van der Waals surface area contributed by atoms with Crippen molar-refractivity contribution >= 4 is 11.9 Å². The largest absolute Gasteiger partial charge is 0.466 e. The summed E-state index contributed by atoms with van der Waals surface area (Å²) in [6, 6.07) is -0.638. The molecule has 0 spiro atoms. The van der Waals surface area contributed by atoms with Crippen LogP contribution in [0.1, 0.15) is 296 Å². The predicted molar refractivity (Wildman–Crippen MR) is 269 cm³/mol. The molecule has 1 amide bonds. The van der Waals surface area contributed by atoms with Crippen LogP contribution >= 0.6 is 0 Å². The van der Waals surface area contributed by atoms with Gasteiger partial charge in [0.1, 0.15) is 0 Å². The molecule has 0 bridgehead atoms. The molecule has 2 unspecified atom stereocenters. The minimum Gasteiger partial charge on any atom is -0.466 e. The van der Waals surface area contributed by atoms with E-state index in [9.17, 15) is 19.8 Å². The topological polar surface area (TPSA) is 95.9 Å². The zero-order valence-corrected chi connectivity index (χ0v) is 41.6. The highest BCUT2D eigenvalue weighted by Gasteiger charge is 2.18. The van der Waals surface area contributed by atoms with Gasteiger partial charge in [0, 0.05) is 12.8 Å². The predicted octanol–water partition coefficient (Wildman–Crippen LogP) is 16.7. The van der Waals surface area contributed by atoms with E-state index in [4.69, 9.17) is 4.74 Å². The average molecular weight is 874 g/mol. The molecular weight excluding hydrogens is 767 g/mol. The molecule has 0 aromatic heterocycles. The summed E-state index contributed by atoms with van der Waals surface area (Å²) in [5.41, 5.74) is 0. The third-order valence-corrected chi connectivity index (χ3v) is 12.7. The molecule has 0 fully saturated rings. The van der Waals surface area contributed by atoms with E-state index in [1.165, 1.54) is 199 Å². The van der Waals surface area contributed by atoms with Crippen molar-refractivity contribution in [2.75, 3.05) is 13.2 Å². The third-order valence-electron chi connectivity index (χ3n) is 12.7. The lowest BCUT2D eigenvalue weighted by atomic mass is 10.0. The van der Waals surface area contributed by atoms with Gasteiger partial charge >= 0.3 is 5.97 Å². The van der Waals surface area contributed by atoms with Crippen molar-refractivity contribution < 1.29 is 24.5 Å². The molecule has 0 saturated heterocycles. The van der Waals surface area contributed by atoms with Crippen molar-refractivity contribution in [2.24, 2.45) is 0 Å². The summed E-state index contributed by atoms with van der Waals surface area (Å²) in [5, 5.41) is 23.0. The van der Waals surface area contributed by atoms with E-state index >= 15 is 0 Å². The number of hydrogen-bond donors (Lipinski definition) is 3. The average Bonchev–Trinajstić information content (AvgIpc) is 3.27. The highest BCUT2D eigenvalue weighted by molar-refractivity contribution is 5.76. The molecule has 6 heteroatoms. The van der Waals surface area contributed by atoms with Gasteiger partial charge in [-0.1, -0.05) is 250 Å². The molecule has 0 aliphatic carbocycles. The fourth-order valence-corrected chi connectivity index (χ4v) is 8.45. The second-order valence-electron chi connectivity index (χ2n) is 18.9. The fourth-order valence-electron chi connectivity index (χ4n) is 8.45. The Morgan fingerprint density at radius 1 is 0.435 bits per heavy atom. The molecule has 0 heterocycles. The number of aliphatic hydroxyl groups excluding tert-OH is 2. The summed E-state index contributed by atoms with van der Waals surface area (Å²) in [5.74, 6) is -0.0905. The minimum atomic E-state index is -0.853. The van der Waals surface area contributed by atoms with Crippen LogP contribution in [0.15, 0.2) is 24.3 Å². The van der Waals surface area contributed by atoms with Gasteiger partial charge in [-0.25, -0.2) is 0 Å². The molecule has 366 valence electrons. The number of aliphatic hydroxyl groups is 2. The summed E-state index contributed by atoms with van der Waals surface area (Å²) < 4.78 is 5.47. The van der Waals surface area contributed by atoms with Gasteiger partial charge in [-0.05, 0) is 57.8 Å². The van der Waals surface area contributed by atoms with Gasteiger partial charge in [0.2, 0.25) is 5.91 Å². The van der Waals surface area contributed by atoms with Gasteiger partial charge in [-0.2, -0.15) is 0 Å². The van der Waals surface area contributed by atoms with E-state index in [1.807, 2.05) is 6.08 Å². The van der Waals surface area contributed by atoms with E-state index in [1.54, 1.807) is 6.08 Å². The molecule has 3 N–H and O–H groups in total. The lowest BCUT2D eigenvalue weighted by Crippen LogP contribution is -2.45. The molecule has 0 aromatic carbocycles. The maximum Gasteiger partial charge on any atom is 0.305 e. The molecule has 0 aromatic rings. The summed E-state index contributed by atoms with van der Waals surface area (Å²) in [4.78, 5) is 24.5. The van der Waals surface area contributed by atoms with Crippen LogP contribution in [0.25, 0.3) is 0 Å². The van der Waals surface area contributed by atoms with Gasteiger partial charge in [0.05, 0.1) is 25.4 Å². The van der Waals surface area contributed by atoms with Crippen LogP contribution in [-0.4, -0.2) is 47.4 Å². The first-order valence-electron chi connectivity index (χ1n) is 27.6. The number of carbonyl (C=O) groups is 2. The van der Waals surface area contributed by atoms with Crippen molar-refractivity contribution in [3.8, 4) is 0 Å². The second kappa shape index (κ2) is 52.0. The minimum absolute atomic E-state index is 0.00743. The zero-order valence-electron chi connectivity index (χ0n) is 41.6. The molecular formula is C56H107NO5. The number of rotatable bonds is 51. The Bertz CT molecular complexity index is 966. The van der Waals surface area contributed by atoms with E-state index in [-0.39, 0.29) is 18.5 Å². The Morgan fingerprint density at radius 2 is 0.758 bits per heavy atom. The zero-order chi connectivity index (χ0) is 45.1. The van der Waals surface area contributed by atoms with Gasteiger partial charge in [0.15, 0.2) is 0 Å². The first-order chi connectivity index (χ1) is 30.5. The SMILES string of the molecule is CCCCCCCCCCCCC/C=C/C(O)C(CO)NC(=O)CCCCCCCCC/C=C\CCCCCCOC(=O)CCCCCCCCCCCCCCCCCCC. The monoisotopic (exact) mass is 874 g/mol. The molecule has 0 aliphatic heterocycles. The van der Waals surface area contributed by atoms with Crippen LogP contribution in [0.2, 0.25) is 0 Å². The van der Waals surface area contributed by atoms with Crippen LogP contribution in [-0.2, 0) is 14.3 Å². The standard InChI is InChI=1S/C56H107NO5/c1-3-5-7-9-11-13-15-17-18-19-22-26-30-34-38-42-46-50-56(61)62-51-47-43-39-35-31-27-23-20-21-25-29-33-37-41-45-49-55(60)57-53(52-58)54(59)48-44-40-36-32-28-24-16-14-12-10-8-6-4-2/h23,27,44,48,53-54,58-59H,3-22,24-26,28-43,45-47,49-52H2,1-2H3,(H,57,60)/b27-23-,48-44+. The Balaban J connectivity index is 3.47. The number of amides is 1. The molecule has 62 heavy (non-hydrogen) atoms. The summed E-state index contributed by atoms with van der Waals surface area (Å²) in [6.07, 6.45) is 61.9. The number of unbranched alkanes of at least 4 members (excludes halogenated alkanes) is 38. The van der Waals surface area contributed by atoms with Gasteiger partial charge < -0.3 is 20.3 Å². The fraction of sp³-hybridized carbons (Fsp3) is 0.893. The van der Waals surface area contributed by atoms with Crippen molar-refractivity contribution in [1.29, 1.82) is 0 Å².